The number of likely N-dealkylation sites (tertiary alicyclic amines) is 1. The summed E-state index contributed by atoms with van der Waals surface area (Å²) in [4.78, 5) is 27.1. The predicted molar refractivity (Wildman–Crippen MR) is 100 cm³/mol. The number of hydrogen-bond donors (Lipinski definition) is 1. The molecule has 3 fully saturated rings. The van der Waals surface area contributed by atoms with Crippen LogP contribution in [-0.2, 0) is 19.1 Å². The molecule has 8 heteroatoms. The molecule has 2 unspecified atom stereocenters. The van der Waals surface area contributed by atoms with Crippen molar-refractivity contribution in [2.24, 2.45) is 11.8 Å². The van der Waals surface area contributed by atoms with Crippen molar-refractivity contribution in [1.82, 2.24) is 4.90 Å². The van der Waals surface area contributed by atoms with Gasteiger partial charge in [0.1, 0.15) is 0 Å². The van der Waals surface area contributed by atoms with E-state index in [9.17, 15) is 9.59 Å². The number of carbonyl (C=O) groups excluding carboxylic acids is 2. The number of anilines is 1. The third-order valence-electron chi connectivity index (χ3n) is 5.75. The highest BCUT2D eigenvalue weighted by atomic mass is 16.7. The van der Waals surface area contributed by atoms with Gasteiger partial charge in [-0.2, -0.15) is 0 Å². The summed E-state index contributed by atoms with van der Waals surface area (Å²) in [5.41, 5.74) is 0.621. The zero-order valence-corrected chi connectivity index (χ0v) is 16.2. The van der Waals surface area contributed by atoms with Crippen LogP contribution in [0.3, 0.4) is 0 Å². The van der Waals surface area contributed by atoms with E-state index in [1.807, 2.05) is 4.90 Å². The molecule has 0 aromatic heterocycles. The highest BCUT2D eigenvalue weighted by Gasteiger charge is 2.51. The van der Waals surface area contributed by atoms with Crippen molar-refractivity contribution in [2.45, 2.75) is 25.0 Å². The lowest BCUT2D eigenvalue weighted by molar-refractivity contribution is -0.187. The average molecular weight is 390 g/mol. The van der Waals surface area contributed by atoms with Gasteiger partial charge in [-0.15, -0.1) is 0 Å². The Hall–Kier alpha value is -2.32. The molecule has 1 aliphatic carbocycles. The van der Waals surface area contributed by atoms with Gasteiger partial charge in [-0.1, -0.05) is 0 Å². The molecule has 1 aromatic rings. The Morgan fingerprint density at radius 1 is 1.07 bits per heavy atom. The third kappa shape index (κ3) is 3.66. The van der Waals surface area contributed by atoms with E-state index in [1.54, 1.807) is 32.4 Å². The zero-order valence-electron chi connectivity index (χ0n) is 16.2. The van der Waals surface area contributed by atoms with Gasteiger partial charge >= 0.3 is 0 Å². The lowest BCUT2D eigenvalue weighted by Crippen LogP contribution is -2.48. The smallest absolute Gasteiger partial charge is 0.228 e. The van der Waals surface area contributed by atoms with E-state index in [4.69, 9.17) is 18.9 Å². The van der Waals surface area contributed by atoms with Crippen LogP contribution in [0.2, 0.25) is 0 Å². The molecule has 28 heavy (non-hydrogen) atoms. The van der Waals surface area contributed by atoms with Crippen molar-refractivity contribution < 1.29 is 28.5 Å². The molecule has 1 saturated carbocycles. The summed E-state index contributed by atoms with van der Waals surface area (Å²) >= 11 is 0. The topological polar surface area (TPSA) is 86.3 Å². The van der Waals surface area contributed by atoms with Gasteiger partial charge < -0.3 is 29.2 Å². The van der Waals surface area contributed by atoms with E-state index in [2.05, 4.69) is 5.32 Å². The molecule has 0 radical (unpaired) electrons. The second kappa shape index (κ2) is 7.60. The van der Waals surface area contributed by atoms with Gasteiger partial charge in [-0.25, -0.2) is 0 Å². The summed E-state index contributed by atoms with van der Waals surface area (Å²) in [6.07, 6.45) is 1.97. The fourth-order valence-electron chi connectivity index (χ4n) is 3.99. The van der Waals surface area contributed by atoms with Crippen LogP contribution in [-0.4, -0.2) is 63.0 Å². The summed E-state index contributed by atoms with van der Waals surface area (Å²) in [6.45, 7) is 2.46. The van der Waals surface area contributed by atoms with Crippen molar-refractivity contribution >= 4 is 17.5 Å². The molecule has 0 bridgehead atoms. The minimum Gasteiger partial charge on any atom is -0.493 e. The van der Waals surface area contributed by atoms with Gasteiger partial charge in [0.15, 0.2) is 17.3 Å². The SMILES string of the molecule is COc1ccc(NC(=O)C2CC2C(=O)N2CCC3(CC2)OCCO3)cc1OC. The summed E-state index contributed by atoms with van der Waals surface area (Å²) in [5, 5.41) is 2.87. The summed E-state index contributed by atoms with van der Waals surface area (Å²) in [6, 6.07) is 5.20. The number of nitrogens with zero attached hydrogens (tertiary/aromatic N) is 1. The minimum absolute atomic E-state index is 0.0558. The van der Waals surface area contributed by atoms with E-state index in [1.165, 1.54) is 0 Å². The van der Waals surface area contributed by atoms with Crippen molar-refractivity contribution in [3.8, 4) is 11.5 Å². The van der Waals surface area contributed by atoms with Crippen LogP contribution in [0, 0.1) is 11.8 Å². The summed E-state index contributed by atoms with van der Waals surface area (Å²) in [5.74, 6) is 0.0436. The summed E-state index contributed by atoms with van der Waals surface area (Å²) in [7, 11) is 3.10. The Kier molecular flexibility index (Phi) is 5.16. The largest absolute Gasteiger partial charge is 0.493 e. The Morgan fingerprint density at radius 3 is 2.39 bits per heavy atom. The fraction of sp³-hybridized carbons (Fsp3) is 0.600. The molecular weight excluding hydrogens is 364 g/mol. The molecule has 3 aliphatic rings. The second-order valence-electron chi connectivity index (χ2n) is 7.44. The molecule has 2 heterocycles. The number of hydrogen-bond acceptors (Lipinski definition) is 6. The molecule has 1 N–H and O–H groups in total. The Morgan fingerprint density at radius 2 is 1.75 bits per heavy atom. The molecule has 4 rings (SSSR count). The van der Waals surface area contributed by atoms with Crippen molar-refractivity contribution in [3.63, 3.8) is 0 Å². The molecule has 152 valence electrons. The lowest BCUT2D eigenvalue weighted by Gasteiger charge is -2.37. The molecular formula is C20H26N2O6. The normalized spacial score (nSPS) is 25.4. The van der Waals surface area contributed by atoms with Crippen molar-refractivity contribution in [1.29, 1.82) is 0 Å². The number of ether oxygens (including phenoxy) is 4. The van der Waals surface area contributed by atoms with E-state index in [0.717, 1.165) is 0 Å². The Balaban J connectivity index is 1.30. The maximum absolute atomic E-state index is 12.7. The number of nitrogens with one attached hydrogen (secondary N) is 1. The number of rotatable bonds is 5. The summed E-state index contributed by atoms with van der Waals surface area (Å²) < 4.78 is 21.9. The Bertz CT molecular complexity index is 751. The van der Waals surface area contributed by atoms with Crippen LogP contribution < -0.4 is 14.8 Å². The van der Waals surface area contributed by atoms with E-state index >= 15 is 0 Å². The first-order chi connectivity index (χ1) is 13.5. The molecule has 2 aliphatic heterocycles. The maximum atomic E-state index is 12.7. The number of methoxy groups -OCH3 is 2. The first-order valence-corrected chi connectivity index (χ1v) is 9.65. The fourth-order valence-corrected chi connectivity index (χ4v) is 3.99. The van der Waals surface area contributed by atoms with Crippen molar-refractivity contribution in [2.75, 3.05) is 45.8 Å². The average Bonchev–Trinajstić information content (AvgIpc) is 3.41. The zero-order chi connectivity index (χ0) is 19.7. The van der Waals surface area contributed by atoms with Crippen LogP contribution in [0.25, 0.3) is 0 Å². The Labute approximate surface area is 164 Å². The first-order valence-electron chi connectivity index (χ1n) is 9.65. The third-order valence-corrected chi connectivity index (χ3v) is 5.75. The van der Waals surface area contributed by atoms with E-state index in [-0.39, 0.29) is 23.7 Å². The van der Waals surface area contributed by atoms with E-state index in [0.29, 0.717) is 62.8 Å². The minimum atomic E-state index is -0.496. The number of amides is 2. The number of benzene rings is 1. The van der Waals surface area contributed by atoms with Crippen LogP contribution in [0.4, 0.5) is 5.69 Å². The van der Waals surface area contributed by atoms with Gasteiger partial charge in [-0.3, -0.25) is 9.59 Å². The molecule has 2 amide bonds. The van der Waals surface area contributed by atoms with Gasteiger partial charge in [0.05, 0.1) is 39.3 Å². The van der Waals surface area contributed by atoms with Gasteiger partial charge in [0.25, 0.3) is 0 Å². The van der Waals surface area contributed by atoms with Crippen molar-refractivity contribution in [3.05, 3.63) is 18.2 Å². The molecule has 8 nitrogen and oxygen atoms in total. The van der Waals surface area contributed by atoms with Gasteiger partial charge in [0, 0.05) is 37.7 Å². The lowest BCUT2D eigenvalue weighted by atomic mass is 10.0. The number of piperidine rings is 1. The molecule has 2 saturated heterocycles. The van der Waals surface area contributed by atoms with Gasteiger partial charge in [0.2, 0.25) is 11.8 Å². The highest BCUT2D eigenvalue weighted by molar-refractivity contribution is 5.99. The molecule has 2 atom stereocenters. The molecule has 1 spiro atoms. The second-order valence-corrected chi connectivity index (χ2v) is 7.44. The predicted octanol–water partition coefficient (Wildman–Crippen LogP) is 1.64. The van der Waals surface area contributed by atoms with Crippen LogP contribution in [0.5, 0.6) is 11.5 Å². The van der Waals surface area contributed by atoms with Crippen LogP contribution in [0.1, 0.15) is 19.3 Å². The van der Waals surface area contributed by atoms with Gasteiger partial charge in [-0.05, 0) is 18.6 Å². The number of carbonyl (C=O) groups is 2. The molecule has 1 aromatic carbocycles. The van der Waals surface area contributed by atoms with E-state index < -0.39 is 5.79 Å². The quantitative estimate of drug-likeness (QED) is 0.823. The first kappa shape index (κ1) is 19.0. The standard InChI is InChI=1S/C20H26N2O6/c1-25-16-4-3-13(11-17(16)26-2)21-18(23)14-12-15(14)19(24)22-7-5-20(6-8-22)27-9-10-28-20/h3-4,11,14-15H,5-10,12H2,1-2H3,(H,21,23). The van der Waals surface area contributed by atoms with Crippen LogP contribution >= 0.6 is 0 Å². The highest BCUT2D eigenvalue weighted by Crippen LogP contribution is 2.42. The monoisotopic (exact) mass is 390 g/mol. The maximum Gasteiger partial charge on any atom is 0.228 e. The van der Waals surface area contributed by atoms with Crippen LogP contribution in [0.15, 0.2) is 18.2 Å².